The van der Waals surface area contributed by atoms with Gasteiger partial charge in [-0.3, -0.25) is 14.8 Å². The standard InChI is InChI=1S/C14H19N5O2/c1-4-13-14(9-18(3)17-13)16-11-6-10(15-5-2)7-12(8-11)19(20)21/h6-9,15-16H,4-5H2,1-3H3. The van der Waals surface area contributed by atoms with E-state index in [9.17, 15) is 10.1 Å². The Morgan fingerprint density at radius 1 is 1.29 bits per heavy atom. The Kier molecular flexibility index (Phi) is 4.42. The maximum Gasteiger partial charge on any atom is 0.273 e. The van der Waals surface area contributed by atoms with Crippen LogP contribution in [0.15, 0.2) is 24.4 Å². The van der Waals surface area contributed by atoms with Gasteiger partial charge in [-0.1, -0.05) is 6.92 Å². The highest BCUT2D eigenvalue weighted by Gasteiger charge is 2.12. The molecule has 0 radical (unpaired) electrons. The number of nitrogens with zero attached hydrogens (tertiary/aromatic N) is 3. The van der Waals surface area contributed by atoms with E-state index in [0.717, 1.165) is 23.5 Å². The van der Waals surface area contributed by atoms with Gasteiger partial charge in [-0.05, 0) is 19.4 Å². The molecule has 0 fully saturated rings. The molecular weight excluding hydrogens is 270 g/mol. The first-order valence-corrected chi connectivity index (χ1v) is 6.86. The lowest BCUT2D eigenvalue weighted by Crippen LogP contribution is -2.00. The highest BCUT2D eigenvalue weighted by molar-refractivity contribution is 5.69. The molecule has 2 rings (SSSR count). The summed E-state index contributed by atoms with van der Waals surface area (Å²) in [6.45, 7) is 4.67. The molecule has 1 aromatic heterocycles. The second kappa shape index (κ2) is 6.25. The lowest BCUT2D eigenvalue weighted by atomic mass is 10.2. The smallest absolute Gasteiger partial charge is 0.273 e. The highest BCUT2D eigenvalue weighted by Crippen LogP contribution is 2.28. The van der Waals surface area contributed by atoms with Gasteiger partial charge in [-0.15, -0.1) is 0 Å². The zero-order valence-corrected chi connectivity index (χ0v) is 12.4. The van der Waals surface area contributed by atoms with E-state index in [1.807, 2.05) is 33.2 Å². The van der Waals surface area contributed by atoms with Gasteiger partial charge in [0, 0.05) is 43.3 Å². The van der Waals surface area contributed by atoms with E-state index >= 15 is 0 Å². The van der Waals surface area contributed by atoms with E-state index in [0.29, 0.717) is 12.2 Å². The topological polar surface area (TPSA) is 85.0 Å². The van der Waals surface area contributed by atoms with Crippen LogP contribution in [0.5, 0.6) is 0 Å². The Morgan fingerprint density at radius 2 is 2.00 bits per heavy atom. The van der Waals surface area contributed by atoms with E-state index in [1.54, 1.807) is 4.68 Å². The molecule has 1 aromatic carbocycles. The lowest BCUT2D eigenvalue weighted by Gasteiger charge is -2.09. The van der Waals surface area contributed by atoms with Crippen molar-refractivity contribution in [2.75, 3.05) is 17.2 Å². The van der Waals surface area contributed by atoms with Crippen LogP contribution in [0.4, 0.5) is 22.7 Å². The molecule has 0 aliphatic rings. The zero-order valence-electron chi connectivity index (χ0n) is 12.4. The maximum absolute atomic E-state index is 11.0. The van der Waals surface area contributed by atoms with Gasteiger partial charge in [-0.2, -0.15) is 5.10 Å². The van der Waals surface area contributed by atoms with E-state index in [2.05, 4.69) is 15.7 Å². The minimum Gasteiger partial charge on any atom is -0.385 e. The number of anilines is 3. The van der Waals surface area contributed by atoms with E-state index in [4.69, 9.17) is 0 Å². The van der Waals surface area contributed by atoms with Crippen LogP contribution in [0.25, 0.3) is 0 Å². The second-order valence-corrected chi connectivity index (χ2v) is 4.70. The maximum atomic E-state index is 11.0. The number of benzene rings is 1. The minimum absolute atomic E-state index is 0.0536. The largest absolute Gasteiger partial charge is 0.385 e. The van der Waals surface area contributed by atoms with Crippen molar-refractivity contribution in [2.45, 2.75) is 20.3 Å². The van der Waals surface area contributed by atoms with Crippen molar-refractivity contribution in [2.24, 2.45) is 7.05 Å². The molecule has 0 bridgehead atoms. The van der Waals surface area contributed by atoms with E-state index in [1.165, 1.54) is 12.1 Å². The molecule has 7 heteroatoms. The van der Waals surface area contributed by atoms with Crippen molar-refractivity contribution < 1.29 is 4.92 Å². The van der Waals surface area contributed by atoms with Gasteiger partial charge in [0.2, 0.25) is 0 Å². The van der Waals surface area contributed by atoms with Crippen molar-refractivity contribution in [3.63, 3.8) is 0 Å². The normalized spacial score (nSPS) is 10.4. The molecule has 0 spiro atoms. The third-order valence-electron chi connectivity index (χ3n) is 3.03. The van der Waals surface area contributed by atoms with Gasteiger partial charge in [-0.25, -0.2) is 0 Å². The van der Waals surface area contributed by atoms with Gasteiger partial charge in [0.15, 0.2) is 0 Å². The monoisotopic (exact) mass is 289 g/mol. The Bertz CT molecular complexity index is 651. The van der Waals surface area contributed by atoms with E-state index < -0.39 is 4.92 Å². The van der Waals surface area contributed by atoms with Crippen LogP contribution in [0.2, 0.25) is 0 Å². The number of aryl methyl sites for hydroxylation is 2. The summed E-state index contributed by atoms with van der Waals surface area (Å²) < 4.78 is 1.73. The summed E-state index contributed by atoms with van der Waals surface area (Å²) in [5.74, 6) is 0. The fourth-order valence-electron chi connectivity index (χ4n) is 2.15. The first-order chi connectivity index (χ1) is 10.0. The van der Waals surface area contributed by atoms with Gasteiger partial charge in [0.05, 0.1) is 16.3 Å². The summed E-state index contributed by atoms with van der Waals surface area (Å²) in [4.78, 5) is 10.6. The summed E-state index contributed by atoms with van der Waals surface area (Å²) in [6, 6.07) is 4.90. The summed E-state index contributed by atoms with van der Waals surface area (Å²) in [5.41, 5.74) is 3.23. The highest BCUT2D eigenvalue weighted by atomic mass is 16.6. The second-order valence-electron chi connectivity index (χ2n) is 4.70. The Morgan fingerprint density at radius 3 is 2.62 bits per heavy atom. The van der Waals surface area contributed by atoms with Crippen LogP contribution < -0.4 is 10.6 Å². The molecule has 7 nitrogen and oxygen atoms in total. The summed E-state index contributed by atoms with van der Waals surface area (Å²) in [6.07, 6.45) is 2.66. The number of hydrogen-bond acceptors (Lipinski definition) is 5. The number of rotatable bonds is 6. The third-order valence-corrected chi connectivity index (χ3v) is 3.03. The van der Waals surface area contributed by atoms with Crippen LogP contribution in [0.3, 0.4) is 0 Å². The van der Waals surface area contributed by atoms with E-state index in [-0.39, 0.29) is 5.69 Å². The fraction of sp³-hybridized carbons (Fsp3) is 0.357. The molecule has 0 aliphatic carbocycles. The number of nitro groups is 1. The molecule has 2 N–H and O–H groups in total. The minimum atomic E-state index is -0.393. The van der Waals surface area contributed by atoms with Gasteiger partial charge in [0.1, 0.15) is 0 Å². The zero-order chi connectivity index (χ0) is 15.4. The average Bonchev–Trinajstić information content (AvgIpc) is 2.78. The molecular formula is C14H19N5O2. The molecule has 21 heavy (non-hydrogen) atoms. The Labute approximate surface area is 123 Å². The molecule has 0 saturated heterocycles. The van der Waals surface area contributed by atoms with Crippen molar-refractivity contribution in [3.8, 4) is 0 Å². The molecule has 0 saturated carbocycles. The van der Waals surface area contributed by atoms with Crippen molar-refractivity contribution >= 4 is 22.7 Å². The van der Waals surface area contributed by atoms with Gasteiger partial charge in [0.25, 0.3) is 5.69 Å². The summed E-state index contributed by atoms with van der Waals surface area (Å²) in [5, 5.41) is 21.7. The Balaban J connectivity index is 2.35. The van der Waals surface area contributed by atoms with Crippen molar-refractivity contribution in [1.82, 2.24) is 9.78 Å². The number of aromatic nitrogens is 2. The third kappa shape index (κ3) is 3.50. The SMILES string of the molecule is CCNc1cc(Nc2cn(C)nc2CC)cc([N+](=O)[O-])c1. The van der Waals surface area contributed by atoms with Gasteiger partial charge < -0.3 is 10.6 Å². The predicted molar refractivity (Wildman–Crippen MR) is 83.1 cm³/mol. The molecule has 0 atom stereocenters. The van der Waals surface area contributed by atoms with Crippen LogP contribution in [-0.4, -0.2) is 21.2 Å². The molecule has 112 valence electrons. The Hall–Kier alpha value is -2.57. The first-order valence-electron chi connectivity index (χ1n) is 6.86. The molecule has 2 aromatic rings. The lowest BCUT2D eigenvalue weighted by molar-refractivity contribution is -0.384. The number of hydrogen-bond donors (Lipinski definition) is 2. The summed E-state index contributed by atoms with van der Waals surface area (Å²) in [7, 11) is 1.85. The quantitative estimate of drug-likeness (QED) is 0.630. The number of nitro benzene ring substituents is 1. The van der Waals surface area contributed by atoms with Crippen molar-refractivity contribution in [1.29, 1.82) is 0 Å². The van der Waals surface area contributed by atoms with Crippen molar-refractivity contribution in [3.05, 3.63) is 40.2 Å². The van der Waals surface area contributed by atoms with Crippen LogP contribution in [0.1, 0.15) is 19.5 Å². The van der Waals surface area contributed by atoms with Crippen LogP contribution in [-0.2, 0) is 13.5 Å². The van der Waals surface area contributed by atoms with Crippen LogP contribution in [0, 0.1) is 10.1 Å². The molecule has 0 unspecified atom stereocenters. The number of nitrogens with one attached hydrogen (secondary N) is 2. The predicted octanol–water partition coefficient (Wildman–Crippen LogP) is 3.07. The molecule has 0 amide bonds. The van der Waals surface area contributed by atoms with Gasteiger partial charge >= 0.3 is 0 Å². The molecule has 1 heterocycles. The average molecular weight is 289 g/mol. The number of non-ortho nitro benzene ring substituents is 1. The molecule has 0 aliphatic heterocycles. The van der Waals surface area contributed by atoms with Crippen LogP contribution >= 0.6 is 0 Å². The first kappa shape index (κ1) is 14.8. The fourth-order valence-corrected chi connectivity index (χ4v) is 2.15. The summed E-state index contributed by atoms with van der Waals surface area (Å²) >= 11 is 0.